The van der Waals surface area contributed by atoms with Gasteiger partial charge in [-0.3, -0.25) is 0 Å². The van der Waals surface area contributed by atoms with E-state index in [0.29, 0.717) is 13.1 Å². The van der Waals surface area contributed by atoms with Gasteiger partial charge in [0.05, 0.1) is 0 Å². The Balaban J connectivity index is 0.00000144. The maximum atomic E-state index is 5.56. The molecular weight excluding hydrogens is 267 g/mol. The van der Waals surface area contributed by atoms with E-state index in [-0.39, 0.29) is 24.8 Å². The van der Waals surface area contributed by atoms with Gasteiger partial charge in [-0.15, -0.1) is 24.8 Å². The molecule has 0 saturated carbocycles. The Hall–Kier alpha value is -1.06. The van der Waals surface area contributed by atoms with Gasteiger partial charge >= 0.3 is 0 Å². The van der Waals surface area contributed by atoms with Crippen LogP contribution in [0.2, 0.25) is 0 Å². The van der Waals surface area contributed by atoms with Crippen LogP contribution in [0.25, 0.3) is 11.1 Å². The predicted octanol–water partition coefficient (Wildman–Crippen LogP) is 3.11. The number of halogens is 2. The molecule has 0 aliphatic rings. The molecule has 0 heterocycles. The monoisotopic (exact) mass is 284 g/mol. The molecule has 0 spiro atoms. The number of nitrogens with two attached hydrogens (primary N) is 2. The van der Waals surface area contributed by atoms with Gasteiger partial charge in [0, 0.05) is 13.1 Å². The fourth-order valence-electron chi connectivity index (χ4n) is 1.67. The largest absolute Gasteiger partial charge is 0.326 e. The second-order valence-corrected chi connectivity index (χ2v) is 3.80. The average molecular weight is 285 g/mol. The lowest BCUT2D eigenvalue weighted by Crippen LogP contribution is -1.96. The minimum atomic E-state index is 0. The first-order valence-electron chi connectivity index (χ1n) is 5.42. The first-order chi connectivity index (χ1) is 7.83. The molecule has 0 aromatic heterocycles. The van der Waals surface area contributed by atoms with E-state index >= 15 is 0 Å². The predicted molar refractivity (Wildman–Crippen MR) is 82.2 cm³/mol. The summed E-state index contributed by atoms with van der Waals surface area (Å²) >= 11 is 0. The fraction of sp³-hybridized carbons (Fsp3) is 0.143. The number of hydrogen-bond acceptors (Lipinski definition) is 2. The highest BCUT2D eigenvalue weighted by atomic mass is 35.5. The summed E-state index contributed by atoms with van der Waals surface area (Å²) in [6.45, 7) is 1.18. The van der Waals surface area contributed by atoms with E-state index in [9.17, 15) is 0 Å². The lowest BCUT2D eigenvalue weighted by molar-refractivity contribution is 1.07. The number of rotatable bonds is 3. The summed E-state index contributed by atoms with van der Waals surface area (Å²) in [5, 5.41) is 0. The van der Waals surface area contributed by atoms with Crippen molar-refractivity contribution in [3.8, 4) is 11.1 Å². The summed E-state index contributed by atoms with van der Waals surface area (Å²) < 4.78 is 0. The van der Waals surface area contributed by atoms with E-state index in [4.69, 9.17) is 11.5 Å². The summed E-state index contributed by atoms with van der Waals surface area (Å²) in [4.78, 5) is 0. The van der Waals surface area contributed by atoms with Gasteiger partial charge in [0.2, 0.25) is 0 Å². The van der Waals surface area contributed by atoms with Crippen molar-refractivity contribution < 1.29 is 0 Å². The Morgan fingerprint density at radius 3 is 1.06 bits per heavy atom. The first-order valence-corrected chi connectivity index (χ1v) is 5.42. The molecule has 4 N–H and O–H groups in total. The van der Waals surface area contributed by atoms with Gasteiger partial charge in [0.15, 0.2) is 0 Å². The molecule has 2 aromatic rings. The van der Waals surface area contributed by atoms with Crippen LogP contribution in [-0.4, -0.2) is 0 Å². The molecule has 0 bridgehead atoms. The van der Waals surface area contributed by atoms with Crippen LogP contribution >= 0.6 is 24.8 Å². The normalized spacial score (nSPS) is 9.22. The standard InChI is InChI=1S/C14H16N2.2ClH/c15-9-11-1-5-13(6-2-11)14-7-3-12(10-16)4-8-14;;/h1-8H,9-10,15-16H2;2*1H. The van der Waals surface area contributed by atoms with Crippen molar-refractivity contribution in [2.45, 2.75) is 13.1 Å². The van der Waals surface area contributed by atoms with Gasteiger partial charge in [-0.2, -0.15) is 0 Å². The third kappa shape index (κ3) is 4.00. The first kappa shape index (κ1) is 16.9. The zero-order valence-corrected chi connectivity index (χ0v) is 11.6. The van der Waals surface area contributed by atoms with Gasteiger partial charge in [-0.25, -0.2) is 0 Å². The van der Waals surface area contributed by atoms with Crippen LogP contribution in [0.15, 0.2) is 48.5 Å². The van der Waals surface area contributed by atoms with Gasteiger partial charge in [0.1, 0.15) is 0 Å². The topological polar surface area (TPSA) is 52.0 Å². The maximum Gasteiger partial charge on any atom is 0.0178 e. The van der Waals surface area contributed by atoms with Crippen LogP contribution in [0.4, 0.5) is 0 Å². The molecule has 0 unspecified atom stereocenters. The summed E-state index contributed by atoms with van der Waals surface area (Å²) in [5.41, 5.74) is 15.9. The van der Waals surface area contributed by atoms with E-state index in [0.717, 1.165) is 11.1 Å². The molecule has 2 rings (SSSR count). The Bertz CT molecular complexity index is 407. The Morgan fingerprint density at radius 1 is 0.556 bits per heavy atom. The van der Waals surface area contributed by atoms with Crippen molar-refractivity contribution in [3.63, 3.8) is 0 Å². The van der Waals surface area contributed by atoms with Crippen molar-refractivity contribution in [2.24, 2.45) is 11.5 Å². The van der Waals surface area contributed by atoms with Crippen LogP contribution < -0.4 is 11.5 Å². The third-order valence-corrected chi connectivity index (χ3v) is 2.71. The number of benzene rings is 2. The molecule has 0 aliphatic carbocycles. The molecule has 0 saturated heterocycles. The molecule has 0 amide bonds. The van der Waals surface area contributed by atoms with Gasteiger partial charge in [-0.05, 0) is 22.3 Å². The maximum absolute atomic E-state index is 5.56. The van der Waals surface area contributed by atoms with Crippen LogP contribution in [0, 0.1) is 0 Å². The molecule has 0 radical (unpaired) electrons. The van der Waals surface area contributed by atoms with E-state index in [1.54, 1.807) is 0 Å². The van der Waals surface area contributed by atoms with E-state index < -0.39 is 0 Å². The van der Waals surface area contributed by atoms with Gasteiger partial charge < -0.3 is 11.5 Å². The Labute approximate surface area is 120 Å². The molecule has 4 heteroatoms. The average Bonchev–Trinajstić information content (AvgIpc) is 2.39. The molecule has 0 aliphatic heterocycles. The summed E-state index contributed by atoms with van der Waals surface area (Å²) in [7, 11) is 0. The molecule has 98 valence electrons. The van der Waals surface area contributed by atoms with E-state index in [2.05, 4.69) is 48.5 Å². The summed E-state index contributed by atoms with van der Waals surface area (Å²) in [6, 6.07) is 16.6. The van der Waals surface area contributed by atoms with Crippen molar-refractivity contribution >= 4 is 24.8 Å². The van der Waals surface area contributed by atoms with E-state index in [1.807, 2.05) is 0 Å². The van der Waals surface area contributed by atoms with E-state index in [1.165, 1.54) is 11.1 Å². The van der Waals surface area contributed by atoms with Crippen LogP contribution in [0.3, 0.4) is 0 Å². The lowest BCUT2D eigenvalue weighted by Gasteiger charge is -2.04. The Morgan fingerprint density at radius 2 is 0.833 bits per heavy atom. The molecule has 18 heavy (non-hydrogen) atoms. The molecule has 2 nitrogen and oxygen atoms in total. The zero-order chi connectivity index (χ0) is 11.4. The van der Waals surface area contributed by atoms with Gasteiger partial charge in [0.25, 0.3) is 0 Å². The third-order valence-electron chi connectivity index (χ3n) is 2.71. The fourth-order valence-corrected chi connectivity index (χ4v) is 1.67. The van der Waals surface area contributed by atoms with Crippen molar-refractivity contribution in [3.05, 3.63) is 59.7 Å². The molecule has 0 fully saturated rings. The highest BCUT2D eigenvalue weighted by Crippen LogP contribution is 2.20. The summed E-state index contributed by atoms with van der Waals surface area (Å²) in [5.74, 6) is 0. The molecular formula is C14H18Cl2N2. The SMILES string of the molecule is Cl.Cl.NCc1ccc(-c2ccc(CN)cc2)cc1. The van der Waals surface area contributed by atoms with Crippen LogP contribution in [0.1, 0.15) is 11.1 Å². The Kier molecular flexibility index (Phi) is 7.64. The van der Waals surface area contributed by atoms with Crippen molar-refractivity contribution in [1.29, 1.82) is 0 Å². The highest BCUT2D eigenvalue weighted by molar-refractivity contribution is 5.85. The smallest absolute Gasteiger partial charge is 0.0178 e. The second-order valence-electron chi connectivity index (χ2n) is 3.80. The lowest BCUT2D eigenvalue weighted by atomic mass is 10.0. The van der Waals surface area contributed by atoms with Crippen molar-refractivity contribution in [1.82, 2.24) is 0 Å². The molecule has 2 aromatic carbocycles. The van der Waals surface area contributed by atoms with Crippen molar-refractivity contribution in [2.75, 3.05) is 0 Å². The molecule has 0 atom stereocenters. The van der Waals surface area contributed by atoms with Crippen LogP contribution in [-0.2, 0) is 13.1 Å². The minimum absolute atomic E-state index is 0. The highest BCUT2D eigenvalue weighted by Gasteiger charge is 1.97. The summed E-state index contributed by atoms with van der Waals surface area (Å²) in [6.07, 6.45) is 0. The quantitative estimate of drug-likeness (QED) is 0.910. The minimum Gasteiger partial charge on any atom is -0.326 e. The van der Waals surface area contributed by atoms with Crippen LogP contribution in [0.5, 0.6) is 0 Å². The second kappa shape index (κ2) is 8.11. The number of hydrogen-bond donors (Lipinski definition) is 2. The van der Waals surface area contributed by atoms with Gasteiger partial charge in [-0.1, -0.05) is 48.5 Å². The zero-order valence-electron chi connectivity index (χ0n) is 10.0.